The topological polar surface area (TPSA) is 16.4 Å². The zero-order valence-electron chi connectivity index (χ0n) is 36.3. The molecule has 0 aliphatic rings. The Morgan fingerprint density at radius 2 is 0.836 bits per heavy atom. The van der Waals surface area contributed by atoms with Crippen molar-refractivity contribution in [2.45, 2.75) is 0 Å². The van der Waals surface area contributed by atoms with E-state index < -0.39 is 0 Å². The average molecular weight is 870 g/mol. The van der Waals surface area contributed by atoms with Crippen LogP contribution in [-0.2, 0) is 0 Å². The number of hydrogen-bond donors (Lipinski definition) is 0. The first-order chi connectivity index (χ1) is 33.2. The van der Waals surface area contributed by atoms with Gasteiger partial charge in [0.15, 0.2) is 0 Å². The first-order valence-corrected chi connectivity index (χ1v) is 23.7. The van der Waals surface area contributed by atoms with Crippen molar-refractivity contribution in [1.29, 1.82) is 0 Å². The maximum absolute atomic E-state index is 6.35. The fourth-order valence-electron chi connectivity index (χ4n) is 10.8. The van der Waals surface area contributed by atoms with Crippen molar-refractivity contribution in [2.24, 2.45) is 0 Å². The molecule has 0 unspecified atom stereocenters. The fraction of sp³-hybridized carbons (Fsp3) is 0. The Bertz CT molecular complexity index is 4250. The predicted molar refractivity (Wildman–Crippen MR) is 288 cm³/mol. The number of rotatable bonds is 6. The molecule has 0 spiro atoms. The first kappa shape index (κ1) is 37.8. The molecule has 14 rings (SSSR count). The van der Waals surface area contributed by atoms with E-state index in [0.717, 1.165) is 50.1 Å². The molecule has 67 heavy (non-hydrogen) atoms. The Kier molecular flexibility index (Phi) is 8.49. The largest absolute Gasteiger partial charge is 0.456 e. The van der Waals surface area contributed by atoms with E-state index in [0.29, 0.717) is 0 Å². The molecular weight excluding hydrogens is 831 g/mol. The van der Waals surface area contributed by atoms with Gasteiger partial charge in [0.25, 0.3) is 0 Å². The number of anilines is 3. The lowest BCUT2D eigenvalue weighted by Crippen LogP contribution is -2.12. The molecular formula is C64H39NOS. The van der Waals surface area contributed by atoms with Crippen LogP contribution in [0.4, 0.5) is 17.1 Å². The second-order valence-corrected chi connectivity index (χ2v) is 18.6. The number of furan rings is 1. The summed E-state index contributed by atoms with van der Waals surface area (Å²) in [6.07, 6.45) is 0. The lowest BCUT2D eigenvalue weighted by atomic mass is 9.89. The highest BCUT2D eigenvalue weighted by Gasteiger charge is 2.24. The molecule has 0 atom stereocenters. The van der Waals surface area contributed by atoms with Gasteiger partial charge in [0.1, 0.15) is 11.2 Å². The van der Waals surface area contributed by atoms with E-state index in [4.69, 9.17) is 4.42 Å². The summed E-state index contributed by atoms with van der Waals surface area (Å²) in [5.41, 5.74) is 12.1. The van der Waals surface area contributed by atoms with E-state index in [1.165, 1.54) is 85.5 Å². The minimum atomic E-state index is 0.894. The summed E-state index contributed by atoms with van der Waals surface area (Å²) in [4.78, 5) is 2.48. The first-order valence-electron chi connectivity index (χ1n) is 22.9. The van der Waals surface area contributed by atoms with E-state index in [-0.39, 0.29) is 0 Å². The summed E-state index contributed by atoms with van der Waals surface area (Å²) in [6, 6.07) is 86.9. The number of fused-ring (bicyclic) bond motifs is 13. The van der Waals surface area contributed by atoms with Gasteiger partial charge < -0.3 is 9.32 Å². The molecule has 0 saturated heterocycles. The molecule has 2 heterocycles. The van der Waals surface area contributed by atoms with Crippen LogP contribution in [0.5, 0.6) is 0 Å². The Morgan fingerprint density at radius 1 is 0.299 bits per heavy atom. The van der Waals surface area contributed by atoms with E-state index >= 15 is 0 Å². The number of para-hydroxylation sites is 1. The van der Waals surface area contributed by atoms with E-state index in [1.54, 1.807) is 0 Å². The van der Waals surface area contributed by atoms with Gasteiger partial charge in [0.2, 0.25) is 0 Å². The highest BCUT2D eigenvalue weighted by Crippen LogP contribution is 2.49. The third-order valence-electron chi connectivity index (χ3n) is 13.9. The van der Waals surface area contributed by atoms with Crippen molar-refractivity contribution in [1.82, 2.24) is 0 Å². The highest BCUT2D eigenvalue weighted by atomic mass is 32.1. The zero-order valence-corrected chi connectivity index (χ0v) is 37.1. The molecule has 2 aromatic heterocycles. The van der Waals surface area contributed by atoms with Crippen LogP contribution in [0, 0.1) is 0 Å². The van der Waals surface area contributed by atoms with Crippen LogP contribution in [0.1, 0.15) is 0 Å². The Labute approximate surface area is 390 Å². The minimum absolute atomic E-state index is 0.894. The van der Waals surface area contributed by atoms with Gasteiger partial charge in [0.05, 0.1) is 5.69 Å². The lowest BCUT2D eigenvalue weighted by molar-refractivity contribution is 0.669. The van der Waals surface area contributed by atoms with Crippen molar-refractivity contribution in [2.75, 3.05) is 4.90 Å². The zero-order chi connectivity index (χ0) is 44.0. The molecule has 12 aromatic carbocycles. The second-order valence-electron chi connectivity index (χ2n) is 17.5. The number of nitrogens with zero attached hydrogens (tertiary/aromatic N) is 1. The summed E-state index contributed by atoms with van der Waals surface area (Å²) in [6.45, 7) is 0. The standard InChI is InChI=1S/C64H39NOS/c1-2-15-46-41(13-1)14-11-23-57(46)64-47(43-30-35-56-55-21-8-10-26-62(55)67-63(56)38-43)22-12-24-59(64)65(45-33-36-52-50-18-4-3-16-48(50)49-17-5-6-19-51(49)58(52)39-45)44-31-27-40(28-32-44)42-29-34-54-53-20-7-9-25-60(53)66-61(54)37-42/h1-39H. The van der Waals surface area contributed by atoms with Gasteiger partial charge in [-0.25, -0.2) is 0 Å². The maximum Gasteiger partial charge on any atom is 0.136 e. The monoisotopic (exact) mass is 869 g/mol. The molecule has 0 aliphatic carbocycles. The molecule has 0 bridgehead atoms. The molecule has 0 aliphatic heterocycles. The Morgan fingerprint density at radius 3 is 1.64 bits per heavy atom. The van der Waals surface area contributed by atoms with Crippen molar-refractivity contribution in [3.8, 4) is 33.4 Å². The van der Waals surface area contributed by atoms with Gasteiger partial charge in [-0.1, -0.05) is 176 Å². The smallest absolute Gasteiger partial charge is 0.136 e. The molecule has 0 amide bonds. The molecule has 0 saturated carbocycles. The highest BCUT2D eigenvalue weighted by molar-refractivity contribution is 7.25. The van der Waals surface area contributed by atoms with Gasteiger partial charge in [-0.05, 0) is 132 Å². The summed E-state index contributed by atoms with van der Waals surface area (Å²) in [7, 11) is 0. The van der Waals surface area contributed by atoms with E-state index in [2.05, 4.69) is 229 Å². The van der Waals surface area contributed by atoms with Crippen LogP contribution in [0.25, 0.3) is 119 Å². The molecule has 0 radical (unpaired) electrons. The Hall–Kier alpha value is -8.50. The van der Waals surface area contributed by atoms with E-state index in [9.17, 15) is 0 Å². The van der Waals surface area contributed by atoms with Gasteiger partial charge in [-0.15, -0.1) is 11.3 Å². The third-order valence-corrected chi connectivity index (χ3v) is 15.0. The summed E-state index contributed by atoms with van der Waals surface area (Å²) in [5, 5.41) is 14.8. The number of benzene rings is 12. The van der Waals surface area contributed by atoms with Crippen molar-refractivity contribution in [3.05, 3.63) is 237 Å². The van der Waals surface area contributed by atoms with Crippen molar-refractivity contribution >= 4 is 114 Å². The lowest BCUT2D eigenvalue weighted by Gasteiger charge is -2.30. The molecule has 312 valence electrons. The minimum Gasteiger partial charge on any atom is -0.456 e. The predicted octanol–water partition coefficient (Wildman–Crippen LogP) is 19.0. The van der Waals surface area contributed by atoms with Crippen LogP contribution >= 0.6 is 11.3 Å². The molecule has 3 heteroatoms. The van der Waals surface area contributed by atoms with Gasteiger partial charge in [-0.2, -0.15) is 0 Å². The summed E-state index contributed by atoms with van der Waals surface area (Å²) in [5.74, 6) is 0. The third kappa shape index (κ3) is 6.02. The van der Waals surface area contributed by atoms with Crippen LogP contribution in [0.2, 0.25) is 0 Å². The Balaban J connectivity index is 1.03. The number of hydrogen-bond acceptors (Lipinski definition) is 3. The maximum atomic E-state index is 6.35. The second kappa shape index (κ2) is 15.0. The van der Waals surface area contributed by atoms with Gasteiger partial charge >= 0.3 is 0 Å². The SMILES string of the molecule is c1cc(-c2ccc3c(c2)sc2ccccc23)c(-c2cccc3ccccc23)c(N(c2ccc(-c3ccc4c(c3)oc3ccccc34)cc2)c2ccc3c4ccccc4c4ccccc4c3c2)c1. The van der Waals surface area contributed by atoms with Gasteiger partial charge in [-0.3, -0.25) is 0 Å². The van der Waals surface area contributed by atoms with Crippen LogP contribution in [-0.4, -0.2) is 0 Å². The quantitative estimate of drug-likeness (QED) is 0.155. The summed E-state index contributed by atoms with van der Waals surface area (Å²) < 4.78 is 8.94. The van der Waals surface area contributed by atoms with Crippen molar-refractivity contribution in [3.63, 3.8) is 0 Å². The molecule has 2 nitrogen and oxygen atoms in total. The molecule has 0 N–H and O–H groups in total. The summed E-state index contributed by atoms with van der Waals surface area (Å²) >= 11 is 1.87. The van der Waals surface area contributed by atoms with Crippen LogP contribution in [0.15, 0.2) is 241 Å². The normalized spacial score (nSPS) is 11.9. The van der Waals surface area contributed by atoms with Crippen LogP contribution in [0.3, 0.4) is 0 Å². The van der Waals surface area contributed by atoms with Crippen molar-refractivity contribution < 1.29 is 4.42 Å². The van der Waals surface area contributed by atoms with Gasteiger partial charge in [0, 0.05) is 47.9 Å². The van der Waals surface area contributed by atoms with E-state index in [1.807, 2.05) is 23.5 Å². The molecule has 14 aromatic rings. The average Bonchev–Trinajstić information content (AvgIpc) is 3.96. The molecule has 0 fully saturated rings. The van der Waals surface area contributed by atoms with Crippen LogP contribution < -0.4 is 4.90 Å². The number of thiophene rings is 1. The fourth-order valence-corrected chi connectivity index (χ4v) is 11.9.